The summed E-state index contributed by atoms with van der Waals surface area (Å²) in [6.45, 7) is 0. The van der Waals surface area contributed by atoms with Crippen molar-refractivity contribution in [3.63, 3.8) is 0 Å². The number of hydrogen-bond acceptors (Lipinski definition) is 1. The number of benzene rings is 12. The molecule has 13 rings (SSSR count). The quantitative estimate of drug-likeness (QED) is 0.159. The van der Waals surface area contributed by atoms with E-state index in [1.54, 1.807) is 0 Å². The summed E-state index contributed by atoms with van der Waals surface area (Å²) in [4.78, 5) is 0. The molecular formula is C60H36O. The molecule has 0 aliphatic carbocycles. The van der Waals surface area contributed by atoms with Gasteiger partial charge in [0.05, 0.1) is 0 Å². The lowest BCUT2D eigenvalue weighted by Gasteiger charge is -2.20. The van der Waals surface area contributed by atoms with Gasteiger partial charge in [-0.05, 0) is 140 Å². The van der Waals surface area contributed by atoms with Gasteiger partial charge in [0.15, 0.2) is 0 Å². The lowest BCUT2D eigenvalue weighted by molar-refractivity contribution is 0.670. The van der Waals surface area contributed by atoms with E-state index in [0.717, 1.165) is 33.1 Å². The van der Waals surface area contributed by atoms with Crippen LogP contribution in [0, 0.1) is 0 Å². The molecule has 0 aliphatic heterocycles. The van der Waals surface area contributed by atoms with E-state index in [4.69, 9.17) is 4.42 Å². The molecule has 12 aromatic carbocycles. The Morgan fingerprint density at radius 3 is 1.33 bits per heavy atom. The maximum Gasteiger partial charge on any atom is 0.143 e. The number of para-hydroxylation sites is 2. The second-order valence-corrected chi connectivity index (χ2v) is 16.4. The lowest BCUT2D eigenvalue weighted by atomic mass is 9.84. The molecule has 1 heteroatoms. The molecule has 0 saturated carbocycles. The SMILES string of the molecule is c1ccc(-c2cccc3cc(-c4cc(-c5ccc6c(-c7ccccc7)cccc6c5)c5ccc6cc(-c7cccc8c7oc7ccccc78)cc7ccc4c5c76)ccc23)cc1. The van der Waals surface area contributed by atoms with Crippen LogP contribution in [0.5, 0.6) is 0 Å². The highest BCUT2D eigenvalue weighted by molar-refractivity contribution is 6.29. The van der Waals surface area contributed by atoms with Crippen molar-refractivity contribution in [2.75, 3.05) is 0 Å². The summed E-state index contributed by atoms with van der Waals surface area (Å²) >= 11 is 0. The minimum Gasteiger partial charge on any atom is -0.455 e. The minimum absolute atomic E-state index is 0.914. The molecule has 0 bridgehead atoms. The Bertz CT molecular complexity index is 3660. The van der Waals surface area contributed by atoms with Crippen molar-refractivity contribution in [1.82, 2.24) is 0 Å². The first-order valence-electron chi connectivity index (χ1n) is 21.1. The van der Waals surface area contributed by atoms with Crippen LogP contribution in [0.4, 0.5) is 0 Å². The summed E-state index contributed by atoms with van der Waals surface area (Å²) in [5.74, 6) is 0. The van der Waals surface area contributed by atoms with E-state index in [0.29, 0.717) is 0 Å². The van der Waals surface area contributed by atoms with Gasteiger partial charge in [-0.25, -0.2) is 0 Å². The molecular weight excluding hydrogens is 737 g/mol. The van der Waals surface area contributed by atoms with Gasteiger partial charge in [0.1, 0.15) is 11.2 Å². The predicted octanol–water partition coefficient (Wildman–Crippen LogP) is 17.1. The molecule has 0 unspecified atom stereocenters. The van der Waals surface area contributed by atoms with Crippen LogP contribution >= 0.6 is 0 Å². The van der Waals surface area contributed by atoms with Gasteiger partial charge >= 0.3 is 0 Å². The number of fused-ring (bicyclic) bond motifs is 5. The molecule has 0 radical (unpaired) electrons. The smallest absolute Gasteiger partial charge is 0.143 e. The largest absolute Gasteiger partial charge is 0.455 e. The first kappa shape index (κ1) is 33.9. The Labute approximate surface area is 352 Å². The normalized spacial score (nSPS) is 11.9. The molecule has 0 fully saturated rings. The fourth-order valence-corrected chi connectivity index (χ4v) is 10.2. The van der Waals surface area contributed by atoms with Crippen LogP contribution in [0.25, 0.3) is 131 Å². The van der Waals surface area contributed by atoms with E-state index in [2.05, 4.69) is 212 Å². The Balaban J connectivity index is 1.06. The molecule has 0 aliphatic rings. The van der Waals surface area contributed by atoms with E-state index in [1.165, 1.54) is 98.4 Å². The highest BCUT2D eigenvalue weighted by atomic mass is 16.3. The monoisotopic (exact) mass is 772 g/mol. The topological polar surface area (TPSA) is 13.1 Å². The summed E-state index contributed by atoms with van der Waals surface area (Å²) < 4.78 is 6.54. The van der Waals surface area contributed by atoms with Gasteiger partial charge in [0.25, 0.3) is 0 Å². The van der Waals surface area contributed by atoms with E-state index in [-0.39, 0.29) is 0 Å². The van der Waals surface area contributed by atoms with Crippen LogP contribution in [0.3, 0.4) is 0 Å². The van der Waals surface area contributed by atoms with Crippen LogP contribution in [-0.4, -0.2) is 0 Å². The van der Waals surface area contributed by atoms with Crippen molar-refractivity contribution < 1.29 is 4.42 Å². The zero-order chi connectivity index (χ0) is 40.0. The van der Waals surface area contributed by atoms with Crippen LogP contribution in [0.2, 0.25) is 0 Å². The van der Waals surface area contributed by atoms with Gasteiger partial charge in [-0.3, -0.25) is 0 Å². The zero-order valence-electron chi connectivity index (χ0n) is 33.2. The van der Waals surface area contributed by atoms with Crippen molar-refractivity contribution in [1.29, 1.82) is 0 Å². The average Bonchev–Trinajstić information content (AvgIpc) is 3.72. The molecule has 0 spiro atoms. The van der Waals surface area contributed by atoms with Crippen LogP contribution in [0.1, 0.15) is 0 Å². The van der Waals surface area contributed by atoms with Crippen LogP contribution in [0.15, 0.2) is 223 Å². The standard InChI is InChI=1S/C60H36O/c1-3-12-37(13-4-1)46-19-9-16-39-32-41(24-28-48(39)46)55-36-56(42-25-29-49-40(33-42)17-10-20-47(49)38-14-5-2-6-15-38)53-31-27-44-35-45(34-43-26-30-52(55)59(53)58(43)44)50-21-11-22-54-51-18-7-8-23-57(51)61-60(50)54/h1-36H. The van der Waals surface area contributed by atoms with Crippen LogP contribution in [-0.2, 0) is 0 Å². The molecule has 1 aromatic heterocycles. The summed E-state index contributed by atoms with van der Waals surface area (Å²) in [6, 6.07) is 80.2. The molecule has 1 heterocycles. The van der Waals surface area contributed by atoms with Gasteiger partial charge in [0, 0.05) is 16.3 Å². The van der Waals surface area contributed by atoms with E-state index in [1.807, 2.05) is 6.07 Å². The third kappa shape index (κ3) is 5.27. The fraction of sp³-hybridized carbons (Fsp3) is 0. The third-order valence-electron chi connectivity index (χ3n) is 13.0. The van der Waals surface area contributed by atoms with Gasteiger partial charge in [0.2, 0.25) is 0 Å². The molecule has 0 N–H and O–H groups in total. The fourth-order valence-electron chi connectivity index (χ4n) is 10.2. The van der Waals surface area contributed by atoms with Crippen molar-refractivity contribution in [2.45, 2.75) is 0 Å². The van der Waals surface area contributed by atoms with Gasteiger partial charge in [-0.2, -0.15) is 0 Å². The average molecular weight is 773 g/mol. The zero-order valence-corrected chi connectivity index (χ0v) is 33.2. The van der Waals surface area contributed by atoms with Crippen molar-refractivity contribution in [2.24, 2.45) is 0 Å². The van der Waals surface area contributed by atoms with Gasteiger partial charge in [-0.1, -0.05) is 182 Å². The first-order valence-corrected chi connectivity index (χ1v) is 21.1. The number of hydrogen-bond donors (Lipinski definition) is 0. The van der Waals surface area contributed by atoms with E-state index in [9.17, 15) is 0 Å². The Morgan fingerprint density at radius 2 is 0.721 bits per heavy atom. The molecule has 282 valence electrons. The molecule has 61 heavy (non-hydrogen) atoms. The maximum atomic E-state index is 6.54. The molecule has 13 aromatic rings. The summed E-state index contributed by atoms with van der Waals surface area (Å²) in [7, 11) is 0. The highest BCUT2D eigenvalue weighted by Crippen LogP contribution is 2.47. The van der Waals surface area contributed by atoms with E-state index >= 15 is 0 Å². The molecule has 0 amide bonds. The number of furan rings is 1. The summed E-state index contributed by atoms with van der Waals surface area (Å²) in [5.41, 5.74) is 14.0. The maximum absolute atomic E-state index is 6.54. The second-order valence-electron chi connectivity index (χ2n) is 16.4. The van der Waals surface area contributed by atoms with E-state index < -0.39 is 0 Å². The van der Waals surface area contributed by atoms with Gasteiger partial charge in [-0.15, -0.1) is 0 Å². The molecule has 0 saturated heterocycles. The third-order valence-corrected chi connectivity index (χ3v) is 13.0. The Hall–Kier alpha value is -8.00. The Kier molecular flexibility index (Phi) is 7.37. The second kappa shape index (κ2) is 13.3. The summed E-state index contributed by atoms with van der Waals surface area (Å²) in [5, 5.41) is 14.8. The van der Waals surface area contributed by atoms with Gasteiger partial charge < -0.3 is 4.42 Å². The predicted molar refractivity (Wildman–Crippen MR) is 260 cm³/mol. The summed E-state index contributed by atoms with van der Waals surface area (Å²) in [6.07, 6.45) is 0. The minimum atomic E-state index is 0.914. The lowest BCUT2D eigenvalue weighted by Crippen LogP contribution is -1.92. The van der Waals surface area contributed by atoms with Crippen LogP contribution < -0.4 is 0 Å². The van der Waals surface area contributed by atoms with Crippen molar-refractivity contribution in [3.05, 3.63) is 218 Å². The highest BCUT2D eigenvalue weighted by Gasteiger charge is 2.20. The Morgan fingerprint density at radius 1 is 0.230 bits per heavy atom. The number of rotatable bonds is 5. The molecule has 1 nitrogen and oxygen atoms in total. The van der Waals surface area contributed by atoms with Crippen molar-refractivity contribution >= 4 is 75.8 Å². The molecule has 0 atom stereocenters. The first-order chi connectivity index (χ1) is 30.2. The van der Waals surface area contributed by atoms with Crippen molar-refractivity contribution in [3.8, 4) is 55.6 Å².